The number of benzene rings is 3. The number of hydrogen-bond acceptors (Lipinski definition) is 3. The van der Waals surface area contributed by atoms with Crippen LogP contribution in [0.15, 0.2) is 84.9 Å². The first-order chi connectivity index (χ1) is 12.2. The number of hydrogen-bond donors (Lipinski definition) is 2. The van der Waals surface area contributed by atoms with Crippen LogP contribution < -0.4 is 5.32 Å². The second kappa shape index (κ2) is 8.13. The normalized spacial score (nSPS) is 11.6. The highest BCUT2D eigenvalue weighted by Crippen LogP contribution is 2.24. The van der Waals surface area contributed by atoms with Crippen molar-refractivity contribution in [1.82, 2.24) is 0 Å². The van der Waals surface area contributed by atoms with E-state index >= 15 is 0 Å². The first-order valence-corrected chi connectivity index (χ1v) is 8.03. The Morgan fingerprint density at radius 1 is 0.880 bits per heavy atom. The van der Waals surface area contributed by atoms with E-state index in [-0.39, 0.29) is 6.61 Å². The monoisotopic (exact) mass is 333 g/mol. The SMILES string of the molecule is O=C(Nc1cccc(C(O)c2ccccc2)c1)OCc1ccccc1. The third-order valence-corrected chi connectivity index (χ3v) is 3.78. The van der Waals surface area contributed by atoms with Crippen LogP contribution in [0.25, 0.3) is 0 Å². The average Bonchev–Trinajstić information content (AvgIpc) is 2.67. The molecule has 3 aromatic carbocycles. The number of aliphatic hydroxyl groups is 1. The largest absolute Gasteiger partial charge is 0.444 e. The van der Waals surface area contributed by atoms with E-state index in [9.17, 15) is 9.90 Å². The van der Waals surface area contributed by atoms with Crippen LogP contribution in [-0.4, -0.2) is 11.2 Å². The maximum atomic E-state index is 11.9. The lowest BCUT2D eigenvalue weighted by Gasteiger charge is -2.13. The molecule has 0 heterocycles. The summed E-state index contributed by atoms with van der Waals surface area (Å²) in [5.74, 6) is 0. The molecule has 0 radical (unpaired) electrons. The van der Waals surface area contributed by atoms with Gasteiger partial charge in [0.15, 0.2) is 0 Å². The van der Waals surface area contributed by atoms with Crippen LogP contribution in [0.4, 0.5) is 10.5 Å². The lowest BCUT2D eigenvalue weighted by molar-refractivity contribution is 0.155. The molecule has 0 aliphatic heterocycles. The van der Waals surface area contributed by atoms with Crippen molar-refractivity contribution in [3.8, 4) is 0 Å². The topological polar surface area (TPSA) is 58.6 Å². The van der Waals surface area contributed by atoms with Crippen molar-refractivity contribution in [2.24, 2.45) is 0 Å². The fourth-order valence-corrected chi connectivity index (χ4v) is 2.49. The quantitative estimate of drug-likeness (QED) is 0.722. The number of nitrogens with one attached hydrogen (secondary N) is 1. The van der Waals surface area contributed by atoms with Gasteiger partial charge in [0.25, 0.3) is 0 Å². The highest BCUT2D eigenvalue weighted by molar-refractivity contribution is 5.84. The van der Waals surface area contributed by atoms with Gasteiger partial charge in [0.1, 0.15) is 12.7 Å². The van der Waals surface area contributed by atoms with E-state index in [2.05, 4.69) is 5.32 Å². The molecule has 0 saturated carbocycles. The summed E-state index contributed by atoms with van der Waals surface area (Å²) in [7, 11) is 0. The van der Waals surface area contributed by atoms with Crippen LogP contribution in [0.3, 0.4) is 0 Å². The molecule has 25 heavy (non-hydrogen) atoms. The third-order valence-electron chi connectivity index (χ3n) is 3.78. The molecule has 0 aromatic heterocycles. The second-order valence-corrected chi connectivity index (χ2v) is 5.63. The summed E-state index contributed by atoms with van der Waals surface area (Å²) in [4.78, 5) is 11.9. The molecule has 4 nitrogen and oxygen atoms in total. The summed E-state index contributed by atoms with van der Waals surface area (Å²) in [5.41, 5.74) is 3.00. The van der Waals surface area contributed by atoms with E-state index in [0.717, 1.165) is 11.1 Å². The molecule has 0 spiro atoms. The number of aliphatic hydroxyl groups excluding tert-OH is 1. The Labute approximate surface area is 146 Å². The van der Waals surface area contributed by atoms with Crippen LogP contribution in [-0.2, 0) is 11.3 Å². The summed E-state index contributed by atoms with van der Waals surface area (Å²) < 4.78 is 5.20. The van der Waals surface area contributed by atoms with Gasteiger partial charge < -0.3 is 9.84 Å². The first-order valence-electron chi connectivity index (χ1n) is 8.03. The summed E-state index contributed by atoms with van der Waals surface area (Å²) in [6, 6.07) is 26.0. The zero-order valence-corrected chi connectivity index (χ0v) is 13.6. The Hall–Kier alpha value is -3.11. The Morgan fingerprint density at radius 3 is 2.24 bits per heavy atom. The van der Waals surface area contributed by atoms with E-state index in [1.165, 1.54) is 0 Å². The minimum absolute atomic E-state index is 0.207. The number of ether oxygens (including phenoxy) is 1. The lowest BCUT2D eigenvalue weighted by Crippen LogP contribution is -2.13. The Morgan fingerprint density at radius 2 is 1.52 bits per heavy atom. The predicted octanol–water partition coefficient (Wildman–Crippen LogP) is 4.52. The van der Waals surface area contributed by atoms with Gasteiger partial charge in [0.05, 0.1) is 0 Å². The van der Waals surface area contributed by atoms with Gasteiger partial charge in [0.2, 0.25) is 0 Å². The highest BCUT2D eigenvalue weighted by Gasteiger charge is 2.11. The average molecular weight is 333 g/mol. The van der Waals surface area contributed by atoms with Crippen molar-refractivity contribution in [3.05, 3.63) is 102 Å². The van der Waals surface area contributed by atoms with Crippen molar-refractivity contribution in [1.29, 1.82) is 0 Å². The standard InChI is InChI=1S/C21H19NO3/c23-20(17-10-5-2-6-11-17)18-12-7-13-19(14-18)22-21(24)25-15-16-8-3-1-4-9-16/h1-14,20,23H,15H2,(H,22,24). The Bertz CT molecular complexity index is 819. The molecule has 0 fully saturated rings. The van der Waals surface area contributed by atoms with Crippen molar-refractivity contribution < 1.29 is 14.6 Å². The maximum absolute atomic E-state index is 11.9. The molecular formula is C21H19NO3. The van der Waals surface area contributed by atoms with E-state index < -0.39 is 12.2 Å². The van der Waals surface area contributed by atoms with Gasteiger partial charge in [-0.2, -0.15) is 0 Å². The van der Waals surface area contributed by atoms with E-state index in [1.807, 2.05) is 66.7 Å². The van der Waals surface area contributed by atoms with Gasteiger partial charge in [-0.05, 0) is 28.8 Å². The van der Waals surface area contributed by atoms with Crippen LogP contribution >= 0.6 is 0 Å². The van der Waals surface area contributed by atoms with Crippen LogP contribution in [0.1, 0.15) is 22.8 Å². The molecular weight excluding hydrogens is 314 g/mol. The third kappa shape index (κ3) is 4.68. The number of rotatable bonds is 5. The minimum Gasteiger partial charge on any atom is -0.444 e. The molecule has 126 valence electrons. The van der Waals surface area contributed by atoms with Gasteiger partial charge in [0, 0.05) is 5.69 Å². The van der Waals surface area contributed by atoms with Crippen LogP contribution in [0, 0.1) is 0 Å². The Balaban J connectivity index is 1.62. The summed E-state index contributed by atoms with van der Waals surface area (Å²) in [5, 5.41) is 13.1. The molecule has 0 aliphatic rings. The van der Waals surface area contributed by atoms with Crippen molar-refractivity contribution in [2.45, 2.75) is 12.7 Å². The first kappa shape index (κ1) is 16.7. The Kier molecular flexibility index (Phi) is 5.44. The maximum Gasteiger partial charge on any atom is 0.411 e. The molecule has 0 aliphatic carbocycles. The van der Waals surface area contributed by atoms with E-state index in [1.54, 1.807) is 18.2 Å². The molecule has 1 unspecified atom stereocenters. The van der Waals surface area contributed by atoms with Gasteiger partial charge in [-0.25, -0.2) is 4.79 Å². The van der Waals surface area contributed by atoms with Crippen molar-refractivity contribution in [2.75, 3.05) is 5.32 Å². The highest BCUT2D eigenvalue weighted by atomic mass is 16.5. The smallest absolute Gasteiger partial charge is 0.411 e. The zero-order chi connectivity index (χ0) is 17.5. The number of amides is 1. The molecule has 4 heteroatoms. The van der Waals surface area contributed by atoms with Crippen molar-refractivity contribution in [3.63, 3.8) is 0 Å². The molecule has 3 aromatic rings. The molecule has 3 rings (SSSR count). The van der Waals surface area contributed by atoms with Gasteiger partial charge in [-0.3, -0.25) is 5.32 Å². The van der Waals surface area contributed by atoms with Crippen LogP contribution in [0.2, 0.25) is 0 Å². The van der Waals surface area contributed by atoms with Gasteiger partial charge in [-0.15, -0.1) is 0 Å². The van der Waals surface area contributed by atoms with Crippen molar-refractivity contribution >= 4 is 11.8 Å². The molecule has 1 atom stereocenters. The molecule has 0 saturated heterocycles. The minimum atomic E-state index is -0.747. The molecule has 0 bridgehead atoms. The van der Waals surface area contributed by atoms with E-state index in [4.69, 9.17) is 4.74 Å². The summed E-state index contributed by atoms with van der Waals surface area (Å²) >= 11 is 0. The van der Waals surface area contributed by atoms with Gasteiger partial charge >= 0.3 is 6.09 Å². The molecule has 2 N–H and O–H groups in total. The summed E-state index contributed by atoms with van der Waals surface area (Å²) in [6.07, 6.45) is -1.28. The summed E-state index contributed by atoms with van der Waals surface area (Å²) in [6.45, 7) is 0.207. The number of carbonyl (C=O) groups is 1. The van der Waals surface area contributed by atoms with Crippen LogP contribution in [0.5, 0.6) is 0 Å². The number of carbonyl (C=O) groups excluding carboxylic acids is 1. The lowest BCUT2D eigenvalue weighted by atomic mass is 10.0. The van der Waals surface area contributed by atoms with E-state index in [0.29, 0.717) is 11.3 Å². The predicted molar refractivity (Wildman–Crippen MR) is 97.2 cm³/mol. The second-order valence-electron chi connectivity index (χ2n) is 5.63. The van der Waals surface area contributed by atoms with Gasteiger partial charge in [-0.1, -0.05) is 72.8 Å². The fraction of sp³-hybridized carbons (Fsp3) is 0.0952. The zero-order valence-electron chi connectivity index (χ0n) is 13.6. The molecule has 1 amide bonds. The number of anilines is 1. The fourth-order valence-electron chi connectivity index (χ4n) is 2.49.